The number of hydrogen-bond donors (Lipinski definition) is 1. The molecule has 7 heteroatoms. The van der Waals surface area contributed by atoms with Gasteiger partial charge >= 0.3 is 0 Å². The number of sulfonamides is 1. The third kappa shape index (κ3) is 4.36. The highest BCUT2D eigenvalue weighted by atomic mass is 32.2. The van der Waals surface area contributed by atoms with Crippen molar-refractivity contribution < 1.29 is 17.9 Å². The van der Waals surface area contributed by atoms with Gasteiger partial charge in [-0.3, -0.25) is 9.10 Å². The fraction of sp³-hybridized carbons (Fsp3) is 0.381. The smallest absolute Gasteiger partial charge is 0.264 e. The van der Waals surface area contributed by atoms with Crippen LogP contribution >= 0.6 is 0 Å². The molecule has 0 aliphatic carbocycles. The summed E-state index contributed by atoms with van der Waals surface area (Å²) in [6.07, 6.45) is 1.98. The Morgan fingerprint density at radius 2 is 1.86 bits per heavy atom. The van der Waals surface area contributed by atoms with E-state index in [0.717, 1.165) is 19.4 Å². The number of hydrogen-bond acceptors (Lipinski definition) is 4. The molecule has 1 N–H and O–H groups in total. The molecule has 2 unspecified atom stereocenters. The highest BCUT2D eigenvalue weighted by Gasteiger charge is 2.25. The molecule has 1 aliphatic rings. The highest BCUT2D eigenvalue weighted by molar-refractivity contribution is 7.92. The van der Waals surface area contributed by atoms with Gasteiger partial charge < -0.3 is 10.1 Å². The van der Waals surface area contributed by atoms with Gasteiger partial charge in [0.25, 0.3) is 15.9 Å². The number of nitrogens with one attached hydrogen (secondary N) is 1. The van der Waals surface area contributed by atoms with Crippen molar-refractivity contribution in [2.75, 3.05) is 17.5 Å². The van der Waals surface area contributed by atoms with Crippen LogP contribution in [-0.4, -0.2) is 39.6 Å². The zero-order chi connectivity index (χ0) is 20.1. The maximum absolute atomic E-state index is 13.0. The second-order valence-electron chi connectivity index (χ2n) is 6.84. The van der Waals surface area contributed by atoms with Gasteiger partial charge in [-0.25, -0.2) is 8.42 Å². The van der Waals surface area contributed by atoms with Gasteiger partial charge in [0.1, 0.15) is 0 Å². The molecule has 28 heavy (non-hydrogen) atoms. The van der Waals surface area contributed by atoms with E-state index < -0.39 is 10.0 Å². The molecule has 0 spiro atoms. The van der Waals surface area contributed by atoms with Crippen molar-refractivity contribution >= 4 is 21.6 Å². The molecule has 150 valence electrons. The van der Waals surface area contributed by atoms with Gasteiger partial charge in [0.2, 0.25) is 0 Å². The lowest BCUT2D eigenvalue weighted by atomic mass is 10.1. The van der Waals surface area contributed by atoms with Crippen molar-refractivity contribution in [1.82, 2.24) is 5.32 Å². The molecule has 2 aromatic carbocycles. The first-order chi connectivity index (χ1) is 13.4. The van der Waals surface area contributed by atoms with E-state index in [1.54, 1.807) is 43.3 Å². The first kappa shape index (κ1) is 20.4. The van der Waals surface area contributed by atoms with Gasteiger partial charge in [-0.05, 0) is 63.1 Å². The summed E-state index contributed by atoms with van der Waals surface area (Å²) in [5, 5.41) is 2.93. The molecule has 3 rings (SSSR count). The normalized spacial score (nSPS) is 17.9. The maximum Gasteiger partial charge on any atom is 0.264 e. The number of benzene rings is 2. The third-order valence-corrected chi connectivity index (χ3v) is 6.83. The van der Waals surface area contributed by atoms with E-state index in [9.17, 15) is 13.2 Å². The van der Waals surface area contributed by atoms with Crippen LogP contribution in [0.15, 0.2) is 59.5 Å². The summed E-state index contributed by atoms with van der Waals surface area (Å²) in [6.45, 7) is 4.75. The molecular formula is C21H26N2O4S. The molecule has 0 aromatic heterocycles. The first-order valence-corrected chi connectivity index (χ1v) is 11.0. The molecular weight excluding hydrogens is 376 g/mol. The summed E-state index contributed by atoms with van der Waals surface area (Å²) in [7, 11) is -3.70. The summed E-state index contributed by atoms with van der Waals surface area (Å²) >= 11 is 0. The average Bonchev–Trinajstić information content (AvgIpc) is 3.24. The van der Waals surface area contributed by atoms with Gasteiger partial charge in [0.15, 0.2) is 0 Å². The minimum atomic E-state index is -3.70. The summed E-state index contributed by atoms with van der Waals surface area (Å²) in [4.78, 5) is 12.6. The molecule has 2 aromatic rings. The Hall–Kier alpha value is -2.38. The molecule has 0 radical (unpaired) electrons. The van der Waals surface area contributed by atoms with Crippen LogP contribution in [0.2, 0.25) is 0 Å². The zero-order valence-corrected chi connectivity index (χ0v) is 17.0. The number of rotatable bonds is 7. The number of carbonyl (C=O) groups is 1. The molecule has 1 fully saturated rings. The monoisotopic (exact) mass is 402 g/mol. The van der Waals surface area contributed by atoms with E-state index >= 15 is 0 Å². The van der Waals surface area contributed by atoms with Crippen LogP contribution in [0.25, 0.3) is 0 Å². The summed E-state index contributed by atoms with van der Waals surface area (Å²) in [6, 6.07) is 14.9. The lowest BCUT2D eigenvalue weighted by Crippen LogP contribution is -2.40. The Labute approximate surface area is 166 Å². The number of amides is 1. The first-order valence-electron chi connectivity index (χ1n) is 9.54. The van der Waals surface area contributed by atoms with Crippen molar-refractivity contribution in [1.29, 1.82) is 0 Å². The topological polar surface area (TPSA) is 75.7 Å². The van der Waals surface area contributed by atoms with Gasteiger partial charge in [0.05, 0.1) is 22.7 Å². The quantitative estimate of drug-likeness (QED) is 0.772. The molecule has 1 aliphatic heterocycles. The van der Waals surface area contributed by atoms with E-state index in [4.69, 9.17) is 4.74 Å². The maximum atomic E-state index is 13.0. The van der Waals surface area contributed by atoms with E-state index in [1.165, 1.54) is 16.4 Å². The minimum Gasteiger partial charge on any atom is -0.376 e. The number of ether oxygens (including phenoxy) is 1. The van der Waals surface area contributed by atoms with E-state index in [-0.39, 0.29) is 22.9 Å². The van der Waals surface area contributed by atoms with Crippen molar-refractivity contribution in [3.8, 4) is 0 Å². The molecule has 0 saturated carbocycles. The number of para-hydroxylation sites is 1. The largest absolute Gasteiger partial charge is 0.376 e. The number of nitrogens with zero attached hydrogens (tertiary/aromatic N) is 1. The summed E-state index contributed by atoms with van der Waals surface area (Å²) in [5.41, 5.74) is 1.03. The van der Waals surface area contributed by atoms with Crippen LogP contribution in [0.5, 0.6) is 0 Å². The fourth-order valence-electron chi connectivity index (χ4n) is 3.37. The predicted octanol–water partition coefficient (Wildman–Crippen LogP) is 3.20. The lowest BCUT2D eigenvalue weighted by molar-refractivity contribution is 0.0712. The van der Waals surface area contributed by atoms with Gasteiger partial charge in [-0.2, -0.15) is 0 Å². The average molecular weight is 403 g/mol. The van der Waals surface area contributed by atoms with Gasteiger partial charge in [-0.1, -0.05) is 18.2 Å². The Kier molecular flexibility index (Phi) is 6.36. The van der Waals surface area contributed by atoms with Crippen LogP contribution < -0.4 is 9.62 Å². The molecule has 1 heterocycles. The standard InChI is InChI=1S/C21H26N2O4S/c1-3-23(18-8-5-4-6-9-18)28(25,26)19-13-11-17(12-14-19)21(24)22-16(2)20-10-7-15-27-20/h4-6,8-9,11-14,16,20H,3,7,10,15H2,1-2H3,(H,22,24). The van der Waals surface area contributed by atoms with Crippen LogP contribution in [0.1, 0.15) is 37.0 Å². The Morgan fingerprint density at radius 1 is 1.18 bits per heavy atom. The van der Waals surface area contributed by atoms with Gasteiger partial charge in [0, 0.05) is 18.7 Å². The van der Waals surface area contributed by atoms with Crippen molar-refractivity contribution in [3.05, 3.63) is 60.2 Å². The molecule has 6 nitrogen and oxygen atoms in total. The zero-order valence-electron chi connectivity index (χ0n) is 16.2. The summed E-state index contributed by atoms with van der Waals surface area (Å²) in [5.74, 6) is -0.234. The van der Waals surface area contributed by atoms with Gasteiger partial charge in [-0.15, -0.1) is 0 Å². The Morgan fingerprint density at radius 3 is 2.43 bits per heavy atom. The van der Waals surface area contributed by atoms with Crippen LogP contribution in [0.4, 0.5) is 5.69 Å². The van der Waals surface area contributed by atoms with E-state index in [2.05, 4.69) is 5.32 Å². The number of anilines is 1. The van der Waals surface area contributed by atoms with Crippen LogP contribution in [-0.2, 0) is 14.8 Å². The second-order valence-corrected chi connectivity index (χ2v) is 8.71. The Bertz CT molecular complexity index is 892. The molecule has 1 saturated heterocycles. The Balaban J connectivity index is 1.74. The van der Waals surface area contributed by atoms with E-state index in [0.29, 0.717) is 17.8 Å². The third-order valence-electron chi connectivity index (χ3n) is 4.92. The SMILES string of the molecule is CCN(c1ccccc1)S(=O)(=O)c1ccc(C(=O)NC(C)C2CCCO2)cc1. The van der Waals surface area contributed by atoms with E-state index in [1.807, 2.05) is 13.0 Å². The number of carbonyl (C=O) groups excluding carboxylic acids is 1. The summed E-state index contributed by atoms with van der Waals surface area (Å²) < 4.78 is 33.0. The molecule has 2 atom stereocenters. The lowest BCUT2D eigenvalue weighted by Gasteiger charge is -2.23. The van der Waals surface area contributed by atoms with Crippen LogP contribution in [0.3, 0.4) is 0 Å². The predicted molar refractivity (Wildman–Crippen MR) is 109 cm³/mol. The molecule has 0 bridgehead atoms. The van der Waals surface area contributed by atoms with Crippen molar-refractivity contribution in [3.63, 3.8) is 0 Å². The second kappa shape index (κ2) is 8.75. The minimum absolute atomic E-state index is 0.0348. The fourth-order valence-corrected chi connectivity index (χ4v) is 4.84. The van der Waals surface area contributed by atoms with Crippen molar-refractivity contribution in [2.45, 2.75) is 43.7 Å². The van der Waals surface area contributed by atoms with Crippen molar-refractivity contribution in [2.24, 2.45) is 0 Å². The highest BCUT2D eigenvalue weighted by Crippen LogP contribution is 2.23. The molecule has 1 amide bonds. The van der Waals surface area contributed by atoms with Crippen LogP contribution in [0, 0.1) is 0 Å².